The number of benzene rings is 1. The highest BCUT2D eigenvalue weighted by Crippen LogP contribution is 2.43. The molecule has 2 rings (SSSR count). The molecule has 1 aromatic rings. The lowest BCUT2D eigenvalue weighted by Crippen LogP contribution is -2.37. The molecule has 0 N–H and O–H groups in total. The maximum atomic E-state index is 6.13. The van der Waals surface area contributed by atoms with Crippen molar-refractivity contribution >= 4 is 15.9 Å². The van der Waals surface area contributed by atoms with Crippen molar-refractivity contribution < 1.29 is 4.74 Å². The minimum Gasteiger partial charge on any atom is -0.493 e. The Labute approximate surface area is 119 Å². The summed E-state index contributed by atoms with van der Waals surface area (Å²) < 4.78 is 6.13. The monoisotopic (exact) mass is 310 g/mol. The third-order valence-corrected chi connectivity index (χ3v) is 5.12. The Hall–Kier alpha value is -0.500. The molecule has 1 aromatic carbocycles. The van der Waals surface area contributed by atoms with Gasteiger partial charge in [-0.25, -0.2) is 0 Å². The Morgan fingerprint density at radius 3 is 2.39 bits per heavy atom. The average molecular weight is 311 g/mol. The molecule has 0 amide bonds. The fraction of sp³-hybridized carbons (Fsp3) is 0.625. The SMILES string of the molecule is CC(C)(C)c1ccccc1OCC1(CBr)CCC1. The number of hydrogen-bond donors (Lipinski definition) is 0. The van der Waals surface area contributed by atoms with Crippen molar-refractivity contribution in [2.24, 2.45) is 5.41 Å². The number of ether oxygens (including phenoxy) is 1. The van der Waals surface area contributed by atoms with E-state index in [1.54, 1.807) is 0 Å². The van der Waals surface area contributed by atoms with Crippen molar-refractivity contribution in [1.29, 1.82) is 0 Å². The molecule has 0 bridgehead atoms. The van der Waals surface area contributed by atoms with Gasteiger partial charge >= 0.3 is 0 Å². The van der Waals surface area contributed by atoms with Crippen LogP contribution in [0.25, 0.3) is 0 Å². The second kappa shape index (κ2) is 5.24. The van der Waals surface area contributed by atoms with Gasteiger partial charge in [0.25, 0.3) is 0 Å². The maximum absolute atomic E-state index is 6.13. The fourth-order valence-electron chi connectivity index (χ4n) is 2.44. The number of rotatable bonds is 4. The molecule has 1 fully saturated rings. The van der Waals surface area contributed by atoms with Crippen molar-refractivity contribution in [3.63, 3.8) is 0 Å². The number of para-hydroxylation sites is 1. The molecule has 0 heterocycles. The second-order valence-electron chi connectivity index (χ2n) is 6.52. The summed E-state index contributed by atoms with van der Waals surface area (Å²) in [5.74, 6) is 1.05. The van der Waals surface area contributed by atoms with Gasteiger partial charge in [0.05, 0.1) is 6.61 Å². The summed E-state index contributed by atoms with van der Waals surface area (Å²) in [6, 6.07) is 8.43. The molecule has 0 radical (unpaired) electrons. The van der Waals surface area contributed by atoms with Crippen molar-refractivity contribution in [2.75, 3.05) is 11.9 Å². The second-order valence-corrected chi connectivity index (χ2v) is 7.08. The minimum absolute atomic E-state index is 0.137. The molecule has 0 atom stereocenters. The van der Waals surface area contributed by atoms with Crippen molar-refractivity contribution in [3.05, 3.63) is 29.8 Å². The first-order valence-electron chi connectivity index (χ1n) is 6.75. The Bertz CT molecular complexity index is 396. The molecular weight excluding hydrogens is 288 g/mol. The van der Waals surface area contributed by atoms with Gasteiger partial charge in [0.2, 0.25) is 0 Å². The molecule has 0 unspecified atom stereocenters. The van der Waals surface area contributed by atoms with Crippen LogP contribution in [0.1, 0.15) is 45.6 Å². The molecule has 100 valence electrons. The average Bonchev–Trinajstić information content (AvgIpc) is 2.27. The van der Waals surface area contributed by atoms with Gasteiger partial charge in [0.1, 0.15) is 5.75 Å². The molecule has 1 nitrogen and oxygen atoms in total. The maximum Gasteiger partial charge on any atom is 0.123 e. The first-order chi connectivity index (χ1) is 8.47. The summed E-state index contributed by atoms with van der Waals surface area (Å²) in [7, 11) is 0. The number of alkyl halides is 1. The minimum atomic E-state index is 0.137. The van der Waals surface area contributed by atoms with Crippen LogP contribution in [0.5, 0.6) is 5.75 Å². The Morgan fingerprint density at radius 1 is 1.22 bits per heavy atom. The third kappa shape index (κ3) is 2.90. The molecule has 0 aliphatic heterocycles. The van der Waals surface area contributed by atoms with Gasteiger partial charge in [-0.2, -0.15) is 0 Å². The Balaban J connectivity index is 2.10. The van der Waals surface area contributed by atoms with E-state index >= 15 is 0 Å². The first-order valence-corrected chi connectivity index (χ1v) is 7.87. The largest absolute Gasteiger partial charge is 0.493 e. The van der Waals surface area contributed by atoms with E-state index in [0.29, 0.717) is 5.41 Å². The van der Waals surface area contributed by atoms with Gasteiger partial charge in [-0.15, -0.1) is 0 Å². The van der Waals surface area contributed by atoms with E-state index in [-0.39, 0.29) is 5.41 Å². The Kier molecular flexibility index (Phi) is 4.05. The third-order valence-electron chi connectivity index (χ3n) is 3.93. The molecular formula is C16H23BrO. The molecule has 1 saturated carbocycles. The van der Waals surface area contributed by atoms with Crippen LogP contribution in [0, 0.1) is 5.41 Å². The summed E-state index contributed by atoms with van der Waals surface area (Å²) in [4.78, 5) is 0. The lowest BCUT2D eigenvalue weighted by atomic mass is 9.71. The van der Waals surface area contributed by atoms with Gasteiger partial charge in [-0.1, -0.05) is 61.3 Å². The predicted octanol–water partition coefficient (Wildman–Crippen LogP) is 4.93. The zero-order chi connectivity index (χ0) is 13.2. The van der Waals surface area contributed by atoms with E-state index in [9.17, 15) is 0 Å². The van der Waals surface area contributed by atoms with E-state index in [2.05, 4.69) is 61.0 Å². The van der Waals surface area contributed by atoms with Crippen molar-refractivity contribution in [2.45, 2.75) is 45.4 Å². The number of halogens is 1. The van der Waals surface area contributed by atoms with Gasteiger partial charge < -0.3 is 4.74 Å². The summed E-state index contributed by atoms with van der Waals surface area (Å²) in [5, 5.41) is 1.05. The topological polar surface area (TPSA) is 9.23 Å². The first kappa shape index (κ1) is 13.9. The Morgan fingerprint density at radius 2 is 1.89 bits per heavy atom. The zero-order valence-electron chi connectivity index (χ0n) is 11.6. The number of hydrogen-bond acceptors (Lipinski definition) is 1. The molecule has 2 heteroatoms. The molecule has 0 spiro atoms. The van der Waals surface area contributed by atoms with Crippen LogP contribution in [0.2, 0.25) is 0 Å². The van der Waals surface area contributed by atoms with E-state index in [0.717, 1.165) is 17.7 Å². The zero-order valence-corrected chi connectivity index (χ0v) is 13.2. The van der Waals surface area contributed by atoms with Crippen molar-refractivity contribution in [1.82, 2.24) is 0 Å². The van der Waals surface area contributed by atoms with Crippen LogP contribution in [-0.2, 0) is 5.41 Å². The standard InChI is InChI=1S/C16H23BrO/c1-15(2,3)13-7-4-5-8-14(13)18-12-16(11-17)9-6-10-16/h4-5,7-8H,6,9-12H2,1-3H3. The molecule has 1 aliphatic rings. The fourth-order valence-corrected chi connectivity index (χ4v) is 3.16. The summed E-state index contributed by atoms with van der Waals surface area (Å²) in [5.41, 5.74) is 1.82. The van der Waals surface area contributed by atoms with Crippen LogP contribution in [0.4, 0.5) is 0 Å². The smallest absolute Gasteiger partial charge is 0.123 e. The van der Waals surface area contributed by atoms with Crippen LogP contribution >= 0.6 is 15.9 Å². The normalized spacial score (nSPS) is 18.2. The molecule has 18 heavy (non-hydrogen) atoms. The molecule has 1 aliphatic carbocycles. The van der Waals surface area contributed by atoms with E-state index < -0.39 is 0 Å². The summed E-state index contributed by atoms with van der Waals surface area (Å²) >= 11 is 3.63. The highest BCUT2D eigenvalue weighted by atomic mass is 79.9. The molecule has 0 saturated heterocycles. The summed E-state index contributed by atoms with van der Waals surface area (Å²) in [6.45, 7) is 7.54. The summed E-state index contributed by atoms with van der Waals surface area (Å²) in [6.07, 6.45) is 3.92. The highest BCUT2D eigenvalue weighted by Gasteiger charge is 2.37. The lowest BCUT2D eigenvalue weighted by molar-refractivity contribution is 0.0826. The van der Waals surface area contributed by atoms with E-state index in [1.807, 2.05) is 0 Å². The van der Waals surface area contributed by atoms with E-state index in [1.165, 1.54) is 24.8 Å². The lowest BCUT2D eigenvalue weighted by Gasteiger charge is -2.40. The van der Waals surface area contributed by atoms with E-state index in [4.69, 9.17) is 4.74 Å². The predicted molar refractivity (Wildman–Crippen MR) is 80.7 cm³/mol. The van der Waals surface area contributed by atoms with Gasteiger partial charge in [-0.3, -0.25) is 0 Å². The quantitative estimate of drug-likeness (QED) is 0.717. The highest BCUT2D eigenvalue weighted by molar-refractivity contribution is 9.09. The van der Waals surface area contributed by atoms with Gasteiger partial charge in [0.15, 0.2) is 0 Å². The van der Waals surface area contributed by atoms with Crippen molar-refractivity contribution in [3.8, 4) is 5.75 Å². The molecule has 0 aromatic heterocycles. The van der Waals surface area contributed by atoms with Crippen LogP contribution in [-0.4, -0.2) is 11.9 Å². The van der Waals surface area contributed by atoms with Crippen LogP contribution in [0.15, 0.2) is 24.3 Å². The van der Waals surface area contributed by atoms with Crippen LogP contribution in [0.3, 0.4) is 0 Å². The van der Waals surface area contributed by atoms with Crippen LogP contribution < -0.4 is 4.74 Å². The van der Waals surface area contributed by atoms with Gasteiger partial charge in [0, 0.05) is 10.7 Å². The van der Waals surface area contributed by atoms with Gasteiger partial charge in [-0.05, 0) is 29.9 Å².